The van der Waals surface area contributed by atoms with E-state index in [1.165, 1.54) is 6.26 Å². The number of rotatable bonds is 2. The number of carbonyl (C=O) groups is 1. The molecule has 5 nitrogen and oxygen atoms in total. The van der Waals surface area contributed by atoms with Crippen molar-refractivity contribution in [2.45, 2.75) is 45.2 Å². The molecule has 1 fully saturated rings. The van der Waals surface area contributed by atoms with Crippen molar-refractivity contribution < 1.29 is 9.21 Å². The summed E-state index contributed by atoms with van der Waals surface area (Å²) in [7, 11) is 0. The van der Waals surface area contributed by atoms with Crippen molar-refractivity contribution in [2.75, 3.05) is 6.54 Å². The molecule has 1 aromatic heterocycles. The lowest BCUT2D eigenvalue weighted by Crippen LogP contribution is -2.41. The van der Waals surface area contributed by atoms with Crippen LogP contribution in [0.25, 0.3) is 0 Å². The maximum Gasteiger partial charge on any atom is 0.274 e. The van der Waals surface area contributed by atoms with Gasteiger partial charge in [-0.3, -0.25) is 10.1 Å². The minimum atomic E-state index is -0.177. The van der Waals surface area contributed by atoms with Crippen LogP contribution < -0.4 is 10.6 Å². The Morgan fingerprint density at radius 1 is 1.59 bits per heavy atom. The van der Waals surface area contributed by atoms with Gasteiger partial charge in [-0.25, -0.2) is 4.98 Å². The van der Waals surface area contributed by atoms with Gasteiger partial charge in [0.2, 0.25) is 0 Å². The van der Waals surface area contributed by atoms with Crippen molar-refractivity contribution >= 4 is 5.91 Å². The van der Waals surface area contributed by atoms with Crippen LogP contribution >= 0.6 is 0 Å². The number of carbonyl (C=O) groups excluding carboxylic acids is 1. The number of nitrogens with zero attached hydrogens (tertiary/aromatic N) is 1. The smallest absolute Gasteiger partial charge is 0.274 e. The van der Waals surface area contributed by atoms with Gasteiger partial charge in [-0.15, -0.1) is 0 Å². The Labute approximate surface area is 101 Å². The molecule has 2 N–H and O–H groups in total. The Bertz CT molecular complexity index is 400. The molecule has 1 aliphatic rings. The summed E-state index contributed by atoms with van der Waals surface area (Å²) >= 11 is 0. The standard InChI is InChI=1S/C12H19N3O2/c1-12(2,3)11-14-8(7-17-11)10(16)15-9-5-4-6-13-9/h7,9,13H,4-6H2,1-3H3,(H,15,16). The molecule has 1 unspecified atom stereocenters. The molecule has 1 aromatic rings. The van der Waals surface area contributed by atoms with Crippen LogP contribution in [0.4, 0.5) is 0 Å². The third-order valence-corrected chi connectivity index (χ3v) is 2.74. The average Bonchev–Trinajstić information content (AvgIpc) is 2.85. The van der Waals surface area contributed by atoms with E-state index < -0.39 is 0 Å². The second kappa shape index (κ2) is 4.49. The van der Waals surface area contributed by atoms with Crippen LogP contribution in [0.5, 0.6) is 0 Å². The Balaban J connectivity index is 2.01. The van der Waals surface area contributed by atoms with Crippen LogP contribution in [-0.4, -0.2) is 23.6 Å². The van der Waals surface area contributed by atoms with Gasteiger partial charge in [0.25, 0.3) is 5.91 Å². The highest BCUT2D eigenvalue weighted by Gasteiger charge is 2.24. The molecule has 0 radical (unpaired) electrons. The van der Waals surface area contributed by atoms with E-state index in [1.807, 2.05) is 20.8 Å². The molecule has 0 bridgehead atoms. The van der Waals surface area contributed by atoms with Gasteiger partial charge in [0.1, 0.15) is 6.26 Å². The zero-order valence-electron chi connectivity index (χ0n) is 10.5. The van der Waals surface area contributed by atoms with Crippen LogP contribution in [0.2, 0.25) is 0 Å². The Morgan fingerprint density at radius 2 is 2.35 bits per heavy atom. The molecule has 1 atom stereocenters. The summed E-state index contributed by atoms with van der Waals surface area (Å²) in [5, 5.41) is 6.09. The first-order valence-corrected chi connectivity index (χ1v) is 5.97. The van der Waals surface area contributed by atoms with Gasteiger partial charge >= 0.3 is 0 Å². The third-order valence-electron chi connectivity index (χ3n) is 2.74. The Kier molecular flexibility index (Phi) is 3.19. The summed E-state index contributed by atoms with van der Waals surface area (Å²) in [5.74, 6) is 0.408. The topological polar surface area (TPSA) is 67.2 Å². The molecule has 0 aromatic carbocycles. The van der Waals surface area contributed by atoms with Crippen LogP contribution in [-0.2, 0) is 5.41 Å². The summed E-state index contributed by atoms with van der Waals surface area (Å²) in [6, 6.07) is 0. The molecule has 94 valence electrons. The zero-order chi connectivity index (χ0) is 12.5. The van der Waals surface area contributed by atoms with E-state index in [4.69, 9.17) is 4.42 Å². The molecule has 0 spiro atoms. The fraction of sp³-hybridized carbons (Fsp3) is 0.667. The minimum Gasteiger partial charge on any atom is -0.448 e. The van der Waals surface area contributed by atoms with E-state index in [1.54, 1.807) is 0 Å². The summed E-state index contributed by atoms with van der Waals surface area (Å²) in [4.78, 5) is 16.1. The summed E-state index contributed by atoms with van der Waals surface area (Å²) in [6.45, 7) is 6.95. The number of hydrogen-bond donors (Lipinski definition) is 2. The Hall–Kier alpha value is -1.36. The largest absolute Gasteiger partial charge is 0.448 e. The molecule has 0 saturated carbocycles. The van der Waals surface area contributed by atoms with Gasteiger partial charge in [0.15, 0.2) is 11.6 Å². The summed E-state index contributed by atoms with van der Waals surface area (Å²) in [6.07, 6.45) is 3.55. The van der Waals surface area contributed by atoms with Gasteiger partial charge < -0.3 is 9.73 Å². The molecular formula is C12H19N3O2. The predicted molar refractivity (Wildman–Crippen MR) is 63.7 cm³/mol. The van der Waals surface area contributed by atoms with Crippen LogP contribution in [0.3, 0.4) is 0 Å². The van der Waals surface area contributed by atoms with Crippen molar-refractivity contribution in [3.05, 3.63) is 17.8 Å². The van der Waals surface area contributed by atoms with Crippen molar-refractivity contribution in [2.24, 2.45) is 0 Å². The lowest BCUT2D eigenvalue weighted by molar-refractivity contribution is 0.0928. The van der Waals surface area contributed by atoms with Gasteiger partial charge in [-0.1, -0.05) is 20.8 Å². The summed E-state index contributed by atoms with van der Waals surface area (Å²) in [5.41, 5.74) is 0.174. The number of aromatic nitrogens is 1. The average molecular weight is 237 g/mol. The van der Waals surface area contributed by atoms with Gasteiger partial charge in [-0.2, -0.15) is 0 Å². The number of hydrogen-bond acceptors (Lipinski definition) is 4. The van der Waals surface area contributed by atoms with Crippen molar-refractivity contribution in [3.8, 4) is 0 Å². The van der Waals surface area contributed by atoms with Gasteiger partial charge in [0.05, 0.1) is 6.17 Å². The lowest BCUT2D eigenvalue weighted by atomic mass is 9.97. The second-order valence-electron chi connectivity index (χ2n) is 5.41. The molecule has 1 aliphatic heterocycles. The number of nitrogens with one attached hydrogen (secondary N) is 2. The first kappa shape index (κ1) is 12.1. The Morgan fingerprint density at radius 3 is 2.88 bits per heavy atom. The fourth-order valence-electron chi connectivity index (χ4n) is 1.76. The first-order chi connectivity index (χ1) is 7.97. The minimum absolute atomic E-state index is 0.0669. The van der Waals surface area contributed by atoms with E-state index >= 15 is 0 Å². The highest BCUT2D eigenvalue weighted by atomic mass is 16.3. The van der Waals surface area contributed by atoms with Crippen molar-refractivity contribution in [3.63, 3.8) is 0 Å². The maximum absolute atomic E-state index is 11.9. The normalized spacial score (nSPS) is 20.5. The summed E-state index contributed by atoms with van der Waals surface area (Å²) < 4.78 is 5.32. The number of amides is 1. The SMILES string of the molecule is CC(C)(C)c1nc(C(=O)NC2CCCN2)co1. The van der Waals surface area contributed by atoms with Crippen LogP contribution in [0, 0.1) is 0 Å². The number of oxazole rings is 1. The van der Waals surface area contributed by atoms with E-state index in [-0.39, 0.29) is 17.5 Å². The van der Waals surface area contributed by atoms with Gasteiger partial charge in [-0.05, 0) is 19.4 Å². The highest BCUT2D eigenvalue weighted by Crippen LogP contribution is 2.21. The molecule has 2 rings (SSSR count). The van der Waals surface area contributed by atoms with E-state index in [2.05, 4.69) is 15.6 Å². The van der Waals surface area contributed by atoms with Crippen molar-refractivity contribution in [1.29, 1.82) is 0 Å². The zero-order valence-corrected chi connectivity index (χ0v) is 10.5. The van der Waals surface area contributed by atoms with Gasteiger partial charge in [0, 0.05) is 5.41 Å². The monoisotopic (exact) mass is 237 g/mol. The van der Waals surface area contributed by atoms with Crippen molar-refractivity contribution in [1.82, 2.24) is 15.6 Å². The fourth-order valence-corrected chi connectivity index (χ4v) is 1.76. The van der Waals surface area contributed by atoms with Crippen LogP contribution in [0.15, 0.2) is 10.7 Å². The molecular weight excluding hydrogens is 218 g/mol. The maximum atomic E-state index is 11.9. The van der Waals surface area contributed by atoms with E-state index in [0.29, 0.717) is 11.6 Å². The molecule has 1 amide bonds. The lowest BCUT2D eigenvalue weighted by Gasteiger charge is -2.12. The highest BCUT2D eigenvalue weighted by molar-refractivity contribution is 5.92. The quantitative estimate of drug-likeness (QED) is 0.816. The molecule has 1 saturated heterocycles. The molecule has 0 aliphatic carbocycles. The van der Waals surface area contributed by atoms with Crippen LogP contribution in [0.1, 0.15) is 50.0 Å². The predicted octanol–water partition coefficient (Wildman–Crippen LogP) is 1.41. The molecule has 2 heterocycles. The first-order valence-electron chi connectivity index (χ1n) is 5.97. The molecule has 5 heteroatoms. The second-order valence-corrected chi connectivity index (χ2v) is 5.41. The van der Waals surface area contributed by atoms with E-state index in [9.17, 15) is 4.79 Å². The van der Waals surface area contributed by atoms with E-state index in [0.717, 1.165) is 19.4 Å². The third kappa shape index (κ3) is 2.85. The molecule has 17 heavy (non-hydrogen) atoms.